The number of rotatable bonds is 7. The molecule has 0 bridgehead atoms. The Labute approximate surface area is 103 Å². The number of anilines is 1. The third-order valence-electron chi connectivity index (χ3n) is 2.61. The van der Waals surface area contributed by atoms with Gasteiger partial charge in [-0.2, -0.15) is 0 Å². The second-order valence-electron chi connectivity index (χ2n) is 3.89. The second kappa shape index (κ2) is 6.86. The summed E-state index contributed by atoms with van der Waals surface area (Å²) in [5, 5.41) is 0. The van der Waals surface area contributed by atoms with E-state index in [1.165, 1.54) is 0 Å². The van der Waals surface area contributed by atoms with Crippen LogP contribution in [0.15, 0.2) is 30.9 Å². The van der Waals surface area contributed by atoms with Crippen LogP contribution >= 0.6 is 0 Å². The van der Waals surface area contributed by atoms with Crippen molar-refractivity contribution in [2.24, 2.45) is 0 Å². The molecule has 3 nitrogen and oxygen atoms in total. The van der Waals surface area contributed by atoms with Crippen molar-refractivity contribution >= 4 is 12.0 Å². The molecule has 0 aliphatic carbocycles. The molecule has 0 saturated carbocycles. The predicted octanol–water partition coefficient (Wildman–Crippen LogP) is 2.45. The highest BCUT2D eigenvalue weighted by molar-refractivity contribution is 5.77. The summed E-state index contributed by atoms with van der Waals surface area (Å²) in [6.07, 6.45) is 2.73. The Morgan fingerprint density at radius 2 is 2.24 bits per heavy atom. The van der Waals surface area contributed by atoms with Crippen LogP contribution < -0.4 is 4.90 Å². The van der Waals surface area contributed by atoms with E-state index in [0.717, 1.165) is 30.6 Å². The normalized spacial score (nSPS) is 10.0. The third kappa shape index (κ3) is 3.71. The monoisotopic (exact) mass is 233 g/mol. The molecule has 0 heterocycles. The van der Waals surface area contributed by atoms with Gasteiger partial charge in [0.05, 0.1) is 6.61 Å². The molecule has 0 fully saturated rings. The summed E-state index contributed by atoms with van der Waals surface area (Å²) < 4.78 is 5.09. The van der Waals surface area contributed by atoms with Crippen molar-refractivity contribution in [1.29, 1.82) is 0 Å². The maximum atomic E-state index is 10.7. The Balaban J connectivity index is 2.92. The number of ether oxygens (including phenoxy) is 1. The minimum atomic E-state index is 0.669. The van der Waals surface area contributed by atoms with Crippen LogP contribution in [0.25, 0.3) is 0 Å². The lowest BCUT2D eigenvalue weighted by Gasteiger charge is -2.25. The fourth-order valence-electron chi connectivity index (χ4n) is 1.77. The number of benzene rings is 1. The molecule has 0 spiro atoms. The van der Waals surface area contributed by atoms with E-state index in [-0.39, 0.29) is 0 Å². The molecular formula is C14H19NO2. The zero-order valence-corrected chi connectivity index (χ0v) is 10.5. The van der Waals surface area contributed by atoms with E-state index in [4.69, 9.17) is 4.74 Å². The fourth-order valence-corrected chi connectivity index (χ4v) is 1.77. The highest BCUT2D eigenvalue weighted by Gasteiger charge is 2.08. The number of hydrogen-bond acceptors (Lipinski definition) is 3. The van der Waals surface area contributed by atoms with Gasteiger partial charge in [0.2, 0.25) is 0 Å². The zero-order chi connectivity index (χ0) is 12.7. The number of carbonyl (C=O) groups is 1. The first kappa shape index (κ1) is 13.5. The Hall–Kier alpha value is -1.61. The first-order valence-corrected chi connectivity index (χ1v) is 5.63. The van der Waals surface area contributed by atoms with Crippen LogP contribution in [0.4, 0.5) is 5.69 Å². The Kier molecular flexibility index (Phi) is 5.43. The van der Waals surface area contributed by atoms with Crippen LogP contribution in [-0.4, -0.2) is 33.1 Å². The largest absolute Gasteiger partial charge is 0.383 e. The summed E-state index contributed by atoms with van der Waals surface area (Å²) in [7, 11) is 1.69. The maximum Gasteiger partial charge on any atom is 0.150 e. The van der Waals surface area contributed by atoms with E-state index in [1.807, 2.05) is 31.2 Å². The highest BCUT2D eigenvalue weighted by atomic mass is 16.5. The molecule has 1 rings (SSSR count). The van der Waals surface area contributed by atoms with Gasteiger partial charge < -0.3 is 9.64 Å². The lowest BCUT2D eigenvalue weighted by atomic mass is 10.1. The van der Waals surface area contributed by atoms with Crippen molar-refractivity contribution in [3.63, 3.8) is 0 Å². The third-order valence-corrected chi connectivity index (χ3v) is 2.61. The number of aryl methyl sites for hydroxylation is 1. The van der Waals surface area contributed by atoms with Crippen molar-refractivity contribution in [3.05, 3.63) is 42.0 Å². The molecule has 0 radical (unpaired) electrons. The predicted molar refractivity (Wildman–Crippen MR) is 70.9 cm³/mol. The maximum absolute atomic E-state index is 10.7. The molecule has 0 unspecified atom stereocenters. The van der Waals surface area contributed by atoms with Gasteiger partial charge in [-0.25, -0.2) is 0 Å². The summed E-state index contributed by atoms with van der Waals surface area (Å²) in [6, 6.07) is 5.70. The molecule has 0 saturated heterocycles. The first-order valence-electron chi connectivity index (χ1n) is 5.63. The summed E-state index contributed by atoms with van der Waals surface area (Å²) in [5.41, 5.74) is 2.91. The van der Waals surface area contributed by atoms with E-state index >= 15 is 0 Å². The second-order valence-corrected chi connectivity index (χ2v) is 3.89. The molecule has 3 heteroatoms. The van der Waals surface area contributed by atoms with Crippen LogP contribution in [-0.2, 0) is 4.74 Å². The average Bonchev–Trinajstić information content (AvgIpc) is 2.34. The summed E-state index contributed by atoms with van der Waals surface area (Å²) in [4.78, 5) is 12.9. The van der Waals surface area contributed by atoms with Gasteiger partial charge in [0, 0.05) is 31.5 Å². The number of nitrogens with zero attached hydrogens (tertiary/aromatic N) is 1. The highest BCUT2D eigenvalue weighted by Crippen LogP contribution is 2.20. The molecule has 0 N–H and O–H groups in total. The smallest absolute Gasteiger partial charge is 0.150 e. The topological polar surface area (TPSA) is 29.5 Å². The van der Waals surface area contributed by atoms with Crippen molar-refractivity contribution in [2.75, 3.05) is 31.7 Å². The number of methoxy groups -OCH3 is 1. The number of carbonyl (C=O) groups excluding carboxylic acids is 1. The van der Waals surface area contributed by atoms with E-state index in [1.54, 1.807) is 7.11 Å². The zero-order valence-electron chi connectivity index (χ0n) is 10.5. The number of hydrogen-bond donors (Lipinski definition) is 0. The Bertz CT molecular complexity index is 388. The van der Waals surface area contributed by atoms with E-state index in [0.29, 0.717) is 12.2 Å². The van der Waals surface area contributed by atoms with Crippen LogP contribution in [0.3, 0.4) is 0 Å². The van der Waals surface area contributed by atoms with Gasteiger partial charge in [-0.05, 0) is 30.7 Å². The molecule has 17 heavy (non-hydrogen) atoms. The van der Waals surface area contributed by atoms with Crippen LogP contribution in [0, 0.1) is 6.92 Å². The lowest BCUT2D eigenvalue weighted by molar-refractivity contribution is 0.112. The van der Waals surface area contributed by atoms with Crippen LogP contribution in [0.1, 0.15) is 15.9 Å². The Morgan fingerprint density at radius 3 is 2.76 bits per heavy atom. The van der Waals surface area contributed by atoms with Crippen molar-refractivity contribution in [1.82, 2.24) is 0 Å². The lowest BCUT2D eigenvalue weighted by Crippen LogP contribution is -2.27. The van der Waals surface area contributed by atoms with Gasteiger partial charge in [0.15, 0.2) is 0 Å². The van der Waals surface area contributed by atoms with Crippen LogP contribution in [0.5, 0.6) is 0 Å². The minimum absolute atomic E-state index is 0.669. The molecule has 0 aromatic heterocycles. The summed E-state index contributed by atoms with van der Waals surface area (Å²) in [5.74, 6) is 0. The van der Waals surface area contributed by atoms with Crippen molar-refractivity contribution < 1.29 is 9.53 Å². The fraction of sp³-hybridized carbons (Fsp3) is 0.357. The van der Waals surface area contributed by atoms with E-state index in [2.05, 4.69) is 11.5 Å². The van der Waals surface area contributed by atoms with Crippen LogP contribution in [0.2, 0.25) is 0 Å². The molecule has 1 aromatic carbocycles. The van der Waals surface area contributed by atoms with Crippen molar-refractivity contribution in [3.8, 4) is 0 Å². The van der Waals surface area contributed by atoms with Gasteiger partial charge >= 0.3 is 0 Å². The van der Waals surface area contributed by atoms with E-state index in [9.17, 15) is 4.79 Å². The molecule has 92 valence electrons. The molecule has 0 atom stereocenters. The SMILES string of the molecule is C=CCN(CCOC)c1ccc(C=O)cc1C. The first-order chi connectivity index (χ1) is 8.22. The number of aldehydes is 1. The molecule has 1 aromatic rings. The van der Waals surface area contributed by atoms with Gasteiger partial charge in [-0.15, -0.1) is 6.58 Å². The standard InChI is InChI=1S/C14H19NO2/c1-4-7-15(8-9-17-3)14-6-5-13(11-16)10-12(14)2/h4-6,10-11H,1,7-9H2,2-3H3. The molecule has 0 aliphatic rings. The average molecular weight is 233 g/mol. The quantitative estimate of drug-likeness (QED) is 0.535. The molecular weight excluding hydrogens is 214 g/mol. The Morgan fingerprint density at radius 1 is 1.47 bits per heavy atom. The molecule has 0 aliphatic heterocycles. The summed E-state index contributed by atoms with van der Waals surface area (Å²) >= 11 is 0. The molecule has 0 amide bonds. The minimum Gasteiger partial charge on any atom is -0.383 e. The van der Waals surface area contributed by atoms with Gasteiger partial charge in [0.1, 0.15) is 6.29 Å². The van der Waals surface area contributed by atoms with E-state index < -0.39 is 0 Å². The summed E-state index contributed by atoms with van der Waals surface area (Å²) in [6.45, 7) is 8.01. The van der Waals surface area contributed by atoms with Gasteiger partial charge in [0.25, 0.3) is 0 Å². The van der Waals surface area contributed by atoms with Gasteiger partial charge in [-0.1, -0.05) is 6.08 Å². The van der Waals surface area contributed by atoms with Crippen molar-refractivity contribution in [2.45, 2.75) is 6.92 Å². The van der Waals surface area contributed by atoms with Gasteiger partial charge in [-0.3, -0.25) is 4.79 Å².